The number of anilines is 1. The molecule has 0 fully saturated rings. The topological polar surface area (TPSA) is 66.4 Å². The Morgan fingerprint density at radius 1 is 1.11 bits per heavy atom. The van der Waals surface area contributed by atoms with E-state index in [1.54, 1.807) is 12.1 Å². The van der Waals surface area contributed by atoms with Crippen LogP contribution in [0, 0.1) is 0 Å². The zero-order valence-electron chi connectivity index (χ0n) is 13.8. The van der Waals surface area contributed by atoms with Crippen molar-refractivity contribution in [2.45, 2.75) is 12.3 Å². The van der Waals surface area contributed by atoms with Crippen molar-refractivity contribution in [3.05, 3.63) is 73.9 Å². The van der Waals surface area contributed by atoms with Gasteiger partial charge in [0.25, 0.3) is 0 Å². The number of carboxylic acid groups (broad SMARTS) is 1. The van der Waals surface area contributed by atoms with Gasteiger partial charge in [0.1, 0.15) is 4.88 Å². The summed E-state index contributed by atoms with van der Waals surface area (Å²) >= 11 is 13.4. The van der Waals surface area contributed by atoms with Gasteiger partial charge in [-0.15, -0.1) is 11.3 Å². The van der Waals surface area contributed by atoms with Crippen molar-refractivity contribution >= 4 is 52.1 Å². The first-order valence-corrected chi connectivity index (χ1v) is 9.73. The van der Waals surface area contributed by atoms with E-state index in [0.29, 0.717) is 21.3 Å². The van der Waals surface area contributed by atoms with E-state index in [1.165, 1.54) is 11.3 Å². The fourth-order valence-electron chi connectivity index (χ4n) is 3.32. The Bertz CT molecular complexity index is 1060. The molecule has 0 saturated heterocycles. The van der Waals surface area contributed by atoms with Gasteiger partial charge in [-0.05, 0) is 23.3 Å². The fourth-order valence-corrected chi connectivity index (χ4v) is 4.87. The molecule has 1 unspecified atom stereocenters. The summed E-state index contributed by atoms with van der Waals surface area (Å²) in [6, 6.07) is 14.5. The number of aromatic carboxylic acids is 1. The highest BCUT2D eigenvalue weighted by Gasteiger charge is 2.34. The molecule has 0 spiro atoms. The monoisotopic (exact) mass is 417 g/mol. The van der Waals surface area contributed by atoms with Crippen molar-refractivity contribution < 1.29 is 14.7 Å². The fraction of sp³-hybridized carbons (Fsp3) is 0.100. The van der Waals surface area contributed by atoms with E-state index in [1.807, 2.05) is 36.4 Å². The third kappa shape index (κ3) is 3.23. The number of carbonyl (C=O) groups excluding carboxylic acids is 1. The highest BCUT2D eigenvalue weighted by molar-refractivity contribution is 7.15. The van der Waals surface area contributed by atoms with Gasteiger partial charge in [0.2, 0.25) is 5.91 Å². The van der Waals surface area contributed by atoms with Gasteiger partial charge in [-0.25, -0.2) is 4.79 Å². The van der Waals surface area contributed by atoms with Crippen LogP contribution in [0.2, 0.25) is 10.0 Å². The van der Waals surface area contributed by atoms with Gasteiger partial charge in [-0.2, -0.15) is 0 Å². The maximum absolute atomic E-state index is 12.4. The molecule has 1 aliphatic rings. The van der Waals surface area contributed by atoms with E-state index in [-0.39, 0.29) is 23.1 Å². The van der Waals surface area contributed by atoms with Crippen molar-refractivity contribution in [1.82, 2.24) is 0 Å². The van der Waals surface area contributed by atoms with Crippen LogP contribution < -0.4 is 5.32 Å². The second kappa shape index (κ2) is 7.00. The molecular formula is C20H13Cl2NO3S. The Labute approximate surface area is 169 Å². The molecule has 0 radical (unpaired) electrons. The van der Waals surface area contributed by atoms with E-state index >= 15 is 0 Å². The second-order valence-corrected chi connectivity index (χ2v) is 8.06. The number of hydrogen-bond acceptors (Lipinski definition) is 3. The Balaban J connectivity index is 1.94. The summed E-state index contributed by atoms with van der Waals surface area (Å²) in [4.78, 5) is 25.3. The summed E-state index contributed by atoms with van der Waals surface area (Å²) in [5.74, 6) is -1.45. The minimum Gasteiger partial charge on any atom is -0.477 e. The Hall–Kier alpha value is -2.34. The number of thiophene rings is 1. The Morgan fingerprint density at radius 3 is 2.52 bits per heavy atom. The lowest BCUT2D eigenvalue weighted by Gasteiger charge is -2.24. The van der Waals surface area contributed by atoms with Gasteiger partial charge in [-0.1, -0.05) is 59.6 Å². The average molecular weight is 418 g/mol. The number of rotatable bonds is 3. The summed E-state index contributed by atoms with van der Waals surface area (Å²) in [5.41, 5.74) is 2.69. The van der Waals surface area contributed by atoms with Crippen LogP contribution in [0.1, 0.15) is 32.5 Å². The number of amides is 1. The third-order valence-corrected chi connectivity index (χ3v) is 6.54. The van der Waals surface area contributed by atoms with Crippen molar-refractivity contribution in [1.29, 1.82) is 0 Å². The van der Waals surface area contributed by atoms with Crippen molar-refractivity contribution in [2.24, 2.45) is 0 Å². The number of carbonyl (C=O) groups is 2. The molecule has 2 aromatic carbocycles. The van der Waals surface area contributed by atoms with E-state index in [9.17, 15) is 14.7 Å². The molecular weight excluding hydrogens is 405 g/mol. The molecule has 2 heterocycles. The lowest BCUT2D eigenvalue weighted by Crippen LogP contribution is -2.22. The van der Waals surface area contributed by atoms with Crippen LogP contribution in [0.15, 0.2) is 48.5 Å². The third-order valence-electron chi connectivity index (χ3n) is 4.51. The number of fused-ring (bicyclic) bond motifs is 1. The van der Waals surface area contributed by atoms with Crippen LogP contribution in [0.4, 0.5) is 5.69 Å². The first-order valence-electron chi connectivity index (χ1n) is 8.16. The van der Waals surface area contributed by atoms with Gasteiger partial charge in [0.15, 0.2) is 0 Å². The van der Waals surface area contributed by atoms with E-state index < -0.39 is 5.97 Å². The normalized spacial score (nSPS) is 15.9. The lowest BCUT2D eigenvalue weighted by atomic mass is 9.88. The maximum Gasteiger partial charge on any atom is 0.346 e. The van der Waals surface area contributed by atoms with Crippen LogP contribution >= 0.6 is 34.5 Å². The number of benzene rings is 2. The number of hydrogen-bond donors (Lipinski definition) is 2. The Kier molecular flexibility index (Phi) is 4.68. The molecule has 4 nitrogen and oxygen atoms in total. The molecule has 1 amide bonds. The number of nitrogens with one attached hydrogen (secondary N) is 1. The maximum atomic E-state index is 12.4. The highest BCUT2D eigenvalue weighted by atomic mass is 35.5. The molecule has 27 heavy (non-hydrogen) atoms. The second-order valence-electron chi connectivity index (χ2n) is 6.20. The first kappa shape index (κ1) is 18.0. The van der Waals surface area contributed by atoms with Crippen LogP contribution in [0.3, 0.4) is 0 Å². The van der Waals surface area contributed by atoms with Crippen molar-refractivity contribution in [3.8, 4) is 11.1 Å². The predicted molar refractivity (Wildman–Crippen MR) is 108 cm³/mol. The largest absolute Gasteiger partial charge is 0.477 e. The highest BCUT2D eigenvalue weighted by Crippen LogP contribution is 2.49. The molecule has 1 aromatic heterocycles. The molecule has 1 atom stereocenters. The summed E-state index contributed by atoms with van der Waals surface area (Å²) in [7, 11) is 0. The van der Waals surface area contributed by atoms with Gasteiger partial charge in [0, 0.05) is 22.8 Å². The molecule has 136 valence electrons. The van der Waals surface area contributed by atoms with Crippen LogP contribution in [0.5, 0.6) is 0 Å². The minimum atomic E-state index is -1.02. The van der Waals surface area contributed by atoms with Gasteiger partial charge in [-0.3, -0.25) is 4.79 Å². The predicted octanol–water partition coefficient (Wildman–Crippen LogP) is 5.89. The minimum absolute atomic E-state index is 0.162. The SMILES string of the molecule is O=C1CC(c2ccc(Cl)c(Cl)c2)c2sc(C(=O)O)c(-c3ccccc3)c2N1. The van der Waals surface area contributed by atoms with Crippen molar-refractivity contribution in [2.75, 3.05) is 5.32 Å². The summed E-state index contributed by atoms with van der Waals surface area (Å²) in [6.45, 7) is 0. The zero-order chi connectivity index (χ0) is 19.1. The lowest BCUT2D eigenvalue weighted by molar-refractivity contribution is -0.116. The summed E-state index contributed by atoms with van der Waals surface area (Å²) in [5, 5.41) is 13.5. The molecule has 0 aliphatic carbocycles. The van der Waals surface area contributed by atoms with E-state index in [0.717, 1.165) is 16.0 Å². The Morgan fingerprint density at radius 2 is 1.85 bits per heavy atom. The quantitative estimate of drug-likeness (QED) is 0.557. The van der Waals surface area contributed by atoms with Gasteiger partial charge < -0.3 is 10.4 Å². The molecule has 0 saturated carbocycles. The smallest absolute Gasteiger partial charge is 0.346 e. The molecule has 0 bridgehead atoms. The average Bonchev–Trinajstić information content (AvgIpc) is 3.03. The van der Waals surface area contributed by atoms with Crippen LogP contribution in [-0.4, -0.2) is 17.0 Å². The van der Waals surface area contributed by atoms with Crippen LogP contribution in [-0.2, 0) is 4.79 Å². The zero-order valence-corrected chi connectivity index (χ0v) is 16.2. The van der Waals surface area contributed by atoms with Gasteiger partial charge in [0.05, 0.1) is 15.7 Å². The first-order chi connectivity index (χ1) is 13.0. The molecule has 3 aromatic rings. The number of halogens is 2. The van der Waals surface area contributed by atoms with Crippen molar-refractivity contribution in [3.63, 3.8) is 0 Å². The molecule has 7 heteroatoms. The molecule has 1 aliphatic heterocycles. The summed E-state index contributed by atoms with van der Waals surface area (Å²) < 4.78 is 0. The molecule has 2 N–H and O–H groups in total. The van der Waals surface area contributed by atoms with Gasteiger partial charge >= 0.3 is 5.97 Å². The summed E-state index contributed by atoms with van der Waals surface area (Å²) in [6.07, 6.45) is 0.221. The standard InChI is InChI=1S/C20H13Cl2NO3S/c21-13-7-6-11(8-14(13)22)12-9-15(24)23-17-16(10-4-2-1-3-5-10)19(20(25)26)27-18(12)17/h1-8,12H,9H2,(H,23,24)(H,25,26). The molecule has 4 rings (SSSR count). The van der Waals surface area contributed by atoms with E-state index in [2.05, 4.69) is 5.32 Å². The van der Waals surface area contributed by atoms with E-state index in [4.69, 9.17) is 23.2 Å². The number of carboxylic acids is 1. The van der Waals surface area contributed by atoms with Crippen LogP contribution in [0.25, 0.3) is 11.1 Å².